The lowest BCUT2D eigenvalue weighted by Crippen LogP contribution is -2.16. The molecule has 0 atom stereocenters. The zero-order chi connectivity index (χ0) is 11.0. The summed E-state index contributed by atoms with van der Waals surface area (Å²) in [5.74, 6) is 0. The van der Waals surface area contributed by atoms with Gasteiger partial charge in [-0.25, -0.2) is 4.79 Å². The molecule has 0 aliphatic carbocycles. The van der Waals surface area contributed by atoms with Crippen molar-refractivity contribution >= 4 is 24.3 Å². The van der Waals surface area contributed by atoms with Crippen molar-refractivity contribution in [2.45, 2.75) is 19.9 Å². The Kier molecular flexibility index (Phi) is 6.65. The lowest BCUT2D eigenvalue weighted by molar-refractivity contribution is 0.178. The summed E-state index contributed by atoms with van der Waals surface area (Å²) in [4.78, 5) is 14.7. The average Bonchev–Trinajstić information content (AvgIpc) is 2.13. The van der Waals surface area contributed by atoms with Gasteiger partial charge in [0.05, 0.1) is 12.1 Å². The highest BCUT2D eigenvalue weighted by Crippen LogP contribution is 2.02. The van der Waals surface area contributed by atoms with Crippen molar-refractivity contribution in [1.82, 2.24) is 4.72 Å². The minimum absolute atomic E-state index is 0.234. The first kappa shape index (κ1) is 12.8. The van der Waals surface area contributed by atoms with Crippen LogP contribution in [0.3, 0.4) is 0 Å². The Morgan fingerprint density at radius 2 is 2.29 bits per heavy atom. The van der Waals surface area contributed by atoms with Gasteiger partial charge in [0.15, 0.2) is 0 Å². The molecule has 0 spiro atoms. The second-order valence-corrected chi connectivity index (χ2v) is 3.54. The number of hydrogen-bond acceptors (Lipinski definition) is 5. The maximum absolute atomic E-state index is 10.6. The summed E-state index contributed by atoms with van der Waals surface area (Å²) < 4.78 is 6.73. The molecule has 0 aromatic heterocycles. The Hall–Kier alpha value is -1.17. The molecule has 0 aliphatic heterocycles. The van der Waals surface area contributed by atoms with Crippen molar-refractivity contribution in [3.05, 3.63) is 11.1 Å². The summed E-state index contributed by atoms with van der Waals surface area (Å²) in [5.41, 5.74) is 5.53. The van der Waals surface area contributed by atoms with E-state index < -0.39 is 6.09 Å². The summed E-state index contributed by atoms with van der Waals surface area (Å²) in [5, 5.41) is 0.444. The second-order valence-electron chi connectivity index (χ2n) is 2.66. The van der Waals surface area contributed by atoms with Crippen molar-refractivity contribution < 1.29 is 9.53 Å². The largest absolute Gasteiger partial charge is 0.452 e. The van der Waals surface area contributed by atoms with E-state index in [1.54, 1.807) is 12.3 Å². The van der Waals surface area contributed by atoms with Gasteiger partial charge in [0.25, 0.3) is 0 Å². The average molecular weight is 217 g/mol. The van der Waals surface area contributed by atoms with E-state index >= 15 is 0 Å². The molecular weight excluding hydrogens is 202 g/mol. The van der Waals surface area contributed by atoms with Crippen LogP contribution in [-0.2, 0) is 4.74 Å². The number of aliphatic imine (C=N–C) groups is 1. The first-order valence-corrected chi connectivity index (χ1v) is 4.87. The Balaban J connectivity index is 3.83. The van der Waals surface area contributed by atoms with Gasteiger partial charge in [0.1, 0.15) is 0 Å². The number of nitrogens with two attached hydrogens (primary N) is 1. The summed E-state index contributed by atoms with van der Waals surface area (Å²) in [6.45, 7) is 3.92. The van der Waals surface area contributed by atoms with Crippen LogP contribution in [0.25, 0.3) is 0 Å². The molecule has 6 heteroatoms. The molecule has 0 fully saturated rings. The molecule has 14 heavy (non-hydrogen) atoms. The molecule has 0 saturated carbocycles. The number of carbonyl (C=O) groups excluding carboxylic acids is 1. The standard InChI is InChI=1S/C8H15N3O2S/c1-6(2)10-5-4-7(9)14-11-8(12)13-3/h4-6H,9H2,1-3H3,(H,11,12). The van der Waals surface area contributed by atoms with Crippen LogP contribution in [0.1, 0.15) is 13.8 Å². The first-order valence-electron chi connectivity index (χ1n) is 4.06. The minimum Gasteiger partial charge on any atom is -0.452 e. The lowest BCUT2D eigenvalue weighted by Gasteiger charge is -2.00. The molecule has 0 bridgehead atoms. The maximum Gasteiger partial charge on any atom is 0.417 e. The van der Waals surface area contributed by atoms with E-state index in [1.807, 2.05) is 13.8 Å². The maximum atomic E-state index is 10.6. The van der Waals surface area contributed by atoms with Crippen LogP contribution in [0.2, 0.25) is 0 Å². The summed E-state index contributed by atoms with van der Waals surface area (Å²) in [6.07, 6.45) is 2.68. The van der Waals surface area contributed by atoms with Crippen molar-refractivity contribution in [2.75, 3.05) is 7.11 Å². The van der Waals surface area contributed by atoms with E-state index in [0.29, 0.717) is 5.03 Å². The third kappa shape index (κ3) is 7.48. The van der Waals surface area contributed by atoms with E-state index in [9.17, 15) is 4.79 Å². The van der Waals surface area contributed by atoms with Gasteiger partial charge in [-0.05, 0) is 19.9 Å². The molecule has 0 saturated heterocycles. The van der Waals surface area contributed by atoms with Gasteiger partial charge in [0, 0.05) is 24.2 Å². The summed E-state index contributed by atoms with van der Waals surface area (Å²) in [6, 6.07) is 0.234. The van der Waals surface area contributed by atoms with Crippen LogP contribution in [0.15, 0.2) is 16.1 Å². The van der Waals surface area contributed by atoms with Crippen LogP contribution in [0.4, 0.5) is 4.79 Å². The number of nitrogens with zero attached hydrogens (tertiary/aromatic N) is 1. The monoisotopic (exact) mass is 217 g/mol. The number of allylic oxidation sites excluding steroid dienone is 1. The summed E-state index contributed by atoms with van der Waals surface area (Å²) in [7, 11) is 1.29. The van der Waals surface area contributed by atoms with Crippen molar-refractivity contribution in [2.24, 2.45) is 10.7 Å². The number of rotatable bonds is 4. The zero-order valence-electron chi connectivity index (χ0n) is 8.48. The van der Waals surface area contributed by atoms with E-state index in [2.05, 4.69) is 14.5 Å². The molecule has 0 heterocycles. The van der Waals surface area contributed by atoms with Crippen LogP contribution < -0.4 is 10.5 Å². The number of hydrogen-bond donors (Lipinski definition) is 2. The van der Waals surface area contributed by atoms with E-state index in [4.69, 9.17) is 5.73 Å². The fourth-order valence-corrected chi connectivity index (χ4v) is 0.878. The van der Waals surface area contributed by atoms with Crippen molar-refractivity contribution in [1.29, 1.82) is 0 Å². The zero-order valence-corrected chi connectivity index (χ0v) is 9.30. The van der Waals surface area contributed by atoms with Crippen LogP contribution in [-0.4, -0.2) is 25.5 Å². The van der Waals surface area contributed by atoms with Gasteiger partial charge in [-0.2, -0.15) is 0 Å². The number of methoxy groups -OCH3 is 1. The van der Waals surface area contributed by atoms with E-state index in [1.165, 1.54) is 7.11 Å². The Morgan fingerprint density at radius 3 is 2.79 bits per heavy atom. The fourth-order valence-electron chi connectivity index (χ4n) is 0.465. The molecule has 3 N–H and O–H groups in total. The number of ether oxygens (including phenoxy) is 1. The minimum atomic E-state index is -0.535. The summed E-state index contributed by atoms with van der Waals surface area (Å²) >= 11 is 0.984. The van der Waals surface area contributed by atoms with Crippen LogP contribution in [0.5, 0.6) is 0 Å². The molecule has 0 radical (unpaired) electrons. The molecule has 0 rings (SSSR count). The van der Waals surface area contributed by atoms with Gasteiger partial charge in [-0.3, -0.25) is 9.71 Å². The van der Waals surface area contributed by atoms with Gasteiger partial charge in [-0.15, -0.1) is 0 Å². The third-order valence-electron chi connectivity index (χ3n) is 1.06. The van der Waals surface area contributed by atoms with Gasteiger partial charge < -0.3 is 10.5 Å². The highest BCUT2D eigenvalue weighted by molar-refractivity contribution is 8.01. The van der Waals surface area contributed by atoms with Gasteiger partial charge in [-0.1, -0.05) is 0 Å². The normalized spacial score (nSPS) is 12.1. The van der Waals surface area contributed by atoms with Crippen molar-refractivity contribution in [3.8, 4) is 0 Å². The highest BCUT2D eigenvalue weighted by Gasteiger charge is 1.97. The Labute approximate surface area is 87.9 Å². The molecule has 1 amide bonds. The van der Waals surface area contributed by atoms with Crippen LogP contribution >= 0.6 is 11.9 Å². The topological polar surface area (TPSA) is 76.7 Å². The SMILES string of the molecule is COC(=O)NSC(N)=CC=NC(C)C. The van der Waals surface area contributed by atoms with Gasteiger partial charge >= 0.3 is 6.09 Å². The number of carbonyl (C=O) groups is 1. The molecule has 0 aliphatic rings. The second kappa shape index (κ2) is 7.25. The predicted molar refractivity (Wildman–Crippen MR) is 59.0 cm³/mol. The highest BCUT2D eigenvalue weighted by atomic mass is 32.2. The lowest BCUT2D eigenvalue weighted by atomic mass is 10.4. The van der Waals surface area contributed by atoms with Crippen molar-refractivity contribution in [3.63, 3.8) is 0 Å². The Morgan fingerprint density at radius 1 is 1.64 bits per heavy atom. The quantitative estimate of drug-likeness (QED) is 0.549. The molecule has 0 unspecified atom stereocenters. The van der Waals surface area contributed by atoms with E-state index in [0.717, 1.165) is 11.9 Å². The Bertz CT molecular complexity index is 239. The van der Waals surface area contributed by atoms with Crippen LogP contribution in [0, 0.1) is 0 Å². The molecule has 5 nitrogen and oxygen atoms in total. The smallest absolute Gasteiger partial charge is 0.417 e. The van der Waals surface area contributed by atoms with Gasteiger partial charge in [0.2, 0.25) is 0 Å². The number of amides is 1. The molecular formula is C8H15N3O2S. The first-order chi connectivity index (χ1) is 6.56. The molecule has 0 aromatic rings. The van der Waals surface area contributed by atoms with E-state index in [-0.39, 0.29) is 6.04 Å². The number of nitrogens with one attached hydrogen (secondary N) is 1. The third-order valence-corrected chi connectivity index (χ3v) is 1.70. The molecule has 80 valence electrons. The molecule has 0 aromatic carbocycles. The fraction of sp³-hybridized carbons (Fsp3) is 0.500. The predicted octanol–water partition coefficient (Wildman–Crippen LogP) is 1.27.